The molecular weight excluding hydrogens is 420 g/mol. The normalized spacial score (nSPS) is 16.4. The summed E-state index contributed by atoms with van der Waals surface area (Å²) in [6, 6.07) is 17.2. The minimum atomic E-state index is -0.141. The molecule has 170 valence electrons. The Labute approximate surface area is 191 Å². The molecule has 2 N–H and O–H groups in total. The van der Waals surface area contributed by atoms with Crippen LogP contribution in [-0.4, -0.2) is 75.7 Å². The van der Waals surface area contributed by atoms with E-state index < -0.39 is 0 Å². The number of hydrogen-bond donors (Lipinski definition) is 2. The van der Waals surface area contributed by atoms with Crippen molar-refractivity contribution in [1.82, 2.24) is 30.4 Å². The number of carbonyl (C=O) groups is 2. The third kappa shape index (κ3) is 5.01. The van der Waals surface area contributed by atoms with Crippen molar-refractivity contribution in [2.75, 3.05) is 42.9 Å². The van der Waals surface area contributed by atoms with E-state index in [2.05, 4.69) is 36.0 Å². The van der Waals surface area contributed by atoms with E-state index in [-0.39, 0.29) is 24.4 Å². The monoisotopic (exact) mass is 446 g/mol. The average molecular weight is 447 g/mol. The number of para-hydroxylation sites is 2. The van der Waals surface area contributed by atoms with Gasteiger partial charge in [-0.1, -0.05) is 35.4 Å². The van der Waals surface area contributed by atoms with Crippen molar-refractivity contribution >= 4 is 23.5 Å². The number of hydrogen-bond acceptors (Lipinski definition) is 7. The van der Waals surface area contributed by atoms with Gasteiger partial charge in [-0.3, -0.25) is 14.5 Å². The zero-order valence-corrected chi connectivity index (χ0v) is 18.2. The number of nitrogens with one attached hydrogen (secondary N) is 2. The van der Waals surface area contributed by atoms with Crippen molar-refractivity contribution in [2.24, 2.45) is 0 Å². The van der Waals surface area contributed by atoms with E-state index in [4.69, 9.17) is 0 Å². The first-order valence-corrected chi connectivity index (χ1v) is 11.2. The van der Waals surface area contributed by atoms with E-state index in [1.54, 1.807) is 22.9 Å². The molecule has 5 rings (SSSR count). The van der Waals surface area contributed by atoms with Gasteiger partial charge in [-0.25, -0.2) is 0 Å². The van der Waals surface area contributed by atoms with Crippen molar-refractivity contribution < 1.29 is 9.59 Å². The van der Waals surface area contributed by atoms with E-state index in [9.17, 15) is 9.59 Å². The standard InChI is InChI=1S/C23H26N8O2/c32-21(25-20-9-5-4-8-19(20)22(33)24-17-10-11-17)16-29-12-14-30(15-13-29)23-26-27-28-31(23)18-6-2-1-3-7-18/h1-9,17H,10-16H2,(H,24,33)(H,25,32). The summed E-state index contributed by atoms with van der Waals surface area (Å²) in [4.78, 5) is 29.4. The highest BCUT2D eigenvalue weighted by molar-refractivity contribution is 6.04. The third-order valence-electron chi connectivity index (χ3n) is 5.83. The molecule has 2 amide bonds. The second kappa shape index (κ2) is 9.37. The van der Waals surface area contributed by atoms with Gasteiger partial charge in [0.1, 0.15) is 0 Å². The lowest BCUT2D eigenvalue weighted by Gasteiger charge is -2.34. The van der Waals surface area contributed by atoms with Crippen LogP contribution < -0.4 is 15.5 Å². The van der Waals surface area contributed by atoms with Crippen LogP contribution in [0.1, 0.15) is 23.2 Å². The Balaban J connectivity index is 1.16. The van der Waals surface area contributed by atoms with Gasteiger partial charge >= 0.3 is 0 Å². The van der Waals surface area contributed by atoms with Crippen LogP contribution >= 0.6 is 0 Å². The SMILES string of the molecule is O=C(CN1CCN(c2nnnn2-c2ccccc2)CC1)Nc1ccccc1C(=O)NC1CC1. The minimum absolute atomic E-state index is 0.135. The molecule has 2 heterocycles. The number of rotatable bonds is 7. The molecule has 10 heteroatoms. The molecule has 2 aliphatic rings. The van der Waals surface area contributed by atoms with Crippen LogP contribution in [0, 0.1) is 0 Å². The van der Waals surface area contributed by atoms with Gasteiger partial charge in [0.05, 0.1) is 23.5 Å². The predicted octanol–water partition coefficient (Wildman–Crippen LogP) is 1.32. The van der Waals surface area contributed by atoms with Gasteiger partial charge in [0.2, 0.25) is 11.9 Å². The fourth-order valence-electron chi connectivity index (χ4n) is 3.90. The van der Waals surface area contributed by atoms with Crippen molar-refractivity contribution in [1.29, 1.82) is 0 Å². The molecule has 10 nitrogen and oxygen atoms in total. The Hall–Kier alpha value is -3.79. The van der Waals surface area contributed by atoms with Crippen LogP contribution in [-0.2, 0) is 4.79 Å². The van der Waals surface area contributed by atoms with E-state index in [0.29, 0.717) is 43.4 Å². The van der Waals surface area contributed by atoms with Gasteiger partial charge in [-0.2, -0.15) is 4.68 Å². The van der Waals surface area contributed by atoms with E-state index in [1.807, 2.05) is 36.4 Å². The van der Waals surface area contributed by atoms with Gasteiger partial charge in [0, 0.05) is 32.2 Å². The molecule has 2 fully saturated rings. The lowest BCUT2D eigenvalue weighted by atomic mass is 10.1. The Morgan fingerprint density at radius 3 is 2.42 bits per heavy atom. The van der Waals surface area contributed by atoms with E-state index >= 15 is 0 Å². The summed E-state index contributed by atoms with van der Waals surface area (Å²) < 4.78 is 1.73. The van der Waals surface area contributed by atoms with Crippen LogP contribution in [0.25, 0.3) is 5.69 Å². The maximum Gasteiger partial charge on any atom is 0.253 e. The highest BCUT2D eigenvalue weighted by Crippen LogP contribution is 2.22. The van der Waals surface area contributed by atoms with Gasteiger partial charge < -0.3 is 15.5 Å². The molecule has 1 saturated carbocycles. The second-order valence-electron chi connectivity index (χ2n) is 8.33. The van der Waals surface area contributed by atoms with Gasteiger partial charge in [0.15, 0.2) is 0 Å². The summed E-state index contributed by atoms with van der Waals surface area (Å²) in [5.74, 6) is 0.420. The van der Waals surface area contributed by atoms with Crippen molar-refractivity contribution in [3.63, 3.8) is 0 Å². The molecule has 0 spiro atoms. The molecule has 0 radical (unpaired) electrons. The van der Waals surface area contributed by atoms with E-state index in [1.165, 1.54) is 0 Å². The Kier molecular flexibility index (Phi) is 5.99. The fourth-order valence-corrected chi connectivity index (χ4v) is 3.90. The summed E-state index contributed by atoms with van der Waals surface area (Å²) in [6.07, 6.45) is 2.04. The molecule has 2 aromatic carbocycles. The molecule has 0 unspecified atom stereocenters. The van der Waals surface area contributed by atoms with Crippen LogP contribution in [0.3, 0.4) is 0 Å². The Morgan fingerprint density at radius 1 is 0.939 bits per heavy atom. The van der Waals surface area contributed by atoms with Crippen molar-refractivity contribution in [3.05, 3.63) is 60.2 Å². The van der Waals surface area contributed by atoms with Gasteiger partial charge in [0.25, 0.3) is 5.91 Å². The quantitative estimate of drug-likeness (QED) is 0.563. The molecular formula is C23H26N8O2. The molecule has 1 aromatic heterocycles. The molecule has 3 aromatic rings. The first-order valence-electron chi connectivity index (χ1n) is 11.2. The maximum atomic E-state index is 12.7. The fraction of sp³-hybridized carbons (Fsp3) is 0.348. The first kappa shape index (κ1) is 21.1. The lowest BCUT2D eigenvalue weighted by molar-refractivity contribution is -0.117. The average Bonchev–Trinajstić information content (AvgIpc) is 3.52. The van der Waals surface area contributed by atoms with Crippen molar-refractivity contribution in [2.45, 2.75) is 18.9 Å². The highest BCUT2D eigenvalue weighted by Gasteiger charge is 2.26. The summed E-state index contributed by atoms with van der Waals surface area (Å²) in [6.45, 7) is 3.09. The van der Waals surface area contributed by atoms with Crippen molar-refractivity contribution in [3.8, 4) is 5.69 Å². The van der Waals surface area contributed by atoms with E-state index in [0.717, 1.165) is 18.5 Å². The van der Waals surface area contributed by atoms with Gasteiger partial charge in [-0.15, -0.1) is 0 Å². The number of amides is 2. The maximum absolute atomic E-state index is 12.7. The molecule has 1 aliphatic carbocycles. The Bertz CT molecular complexity index is 1120. The number of benzene rings is 2. The third-order valence-corrected chi connectivity index (χ3v) is 5.83. The zero-order valence-electron chi connectivity index (χ0n) is 18.2. The number of nitrogens with zero attached hydrogens (tertiary/aromatic N) is 6. The number of piperazine rings is 1. The number of aromatic nitrogens is 4. The minimum Gasteiger partial charge on any atom is -0.349 e. The number of tetrazole rings is 1. The lowest BCUT2D eigenvalue weighted by Crippen LogP contribution is -2.49. The summed E-state index contributed by atoms with van der Waals surface area (Å²) in [7, 11) is 0. The molecule has 1 saturated heterocycles. The largest absolute Gasteiger partial charge is 0.349 e. The van der Waals surface area contributed by atoms with Crippen LogP contribution in [0.4, 0.5) is 11.6 Å². The molecule has 0 atom stereocenters. The smallest absolute Gasteiger partial charge is 0.253 e. The van der Waals surface area contributed by atoms with Crippen LogP contribution in [0.2, 0.25) is 0 Å². The first-order chi connectivity index (χ1) is 16.2. The predicted molar refractivity (Wildman–Crippen MR) is 123 cm³/mol. The highest BCUT2D eigenvalue weighted by atomic mass is 16.2. The van der Waals surface area contributed by atoms with Gasteiger partial charge in [-0.05, 0) is 47.5 Å². The number of carbonyl (C=O) groups excluding carboxylic acids is 2. The topological polar surface area (TPSA) is 108 Å². The Morgan fingerprint density at radius 2 is 1.67 bits per heavy atom. The second-order valence-corrected chi connectivity index (χ2v) is 8.33. The zero-order chi connectivity index (χ0) is 22.6. The number of anilines is 2. The summed E-state index contributed by atoms with van der Waals surface area (Å²) in [5, 5.41) is 18.1. The van der Waals surface area contributed by atoms with Crippen LogP contribution in [0.15, 0.2) is 54.6 Å². The van der Waals surface area contributed by atoms with Crippen LogP contribution in [0.5, 0.6) is 0 Å². The molecule has 1 aliphatic heterocycles. The molecule has 33 heavy (non-hydrogen) atoms. The summed E-state index contributed by atoms with van der Waals surface area (Å²) >= 11 is 0. The summed E-state index contributed by atoms with van der Waals surface area (Å²) in [5.41, 5.74) is 1.94. The molecule has 0 bridgehead atoms.